The van der Waals surface area contributed by atoms with E-state index in [-0.39, 0.29) is 35.0 Å². The van der Waals surface area contributed by atoms with Crippen LogP contribution in [0.15, 0.2) is 40.7 Å². The monoisotopic (exact) mass is 347 g/mol. The van der Waals surface area contributed by atoms with Crippen LogP contribution < -0.4 is 15.8 Å². The molecular formula is C16H21N5O4. The summed E-state index contributed by atoms with van der Waals surface area (Å²) in [5.41, 5.74) is 6.07. The number of non-ortho nitro benzene ring substituents is 1. The van der Waals surface area contributed by atoms with Crippen molar-refractivity contribution in [1.82, 2.24) is 5.32 Å². The van der Waals surface area contributed by atoms with Gasteiger partial charge in [0.05, 0.1) is 16.6 Å². The molecule has 9 heteroatoms. The lowest BCUT2D eigenvalue weighted by atomic mass is 10.1. The summed E-state index contributed by atoms with van der Waals surface area (Å²) in [5, 5.41) is 22.0. The second-order valence-corrected chi connectivity index (χ2v) is 5.40. The first kappa shape index (κ1) is 18.4. The average molecular weight is 347 g/mol. The van der Waals surface area contributed by atoms with Crippen molar-refractivity contribution in [3.63, 3.8) is 0 Å². The molecule has 134 valence electrons. The summed E-state index contributed by atoms with van der Waals surface area (Å²) in [5.74, 6) is 0.134. The minimum atomic E-state index is -0.523. The van der Waals surface area contributed by atoms with Gasteiger partial charge in [-0.15, -0.1) is 0 Å². The van der Waals surface area contributed by atoms with Gasteiger partial charge < -0.3 is 20.5 Å². The van der Waals surface area contributed by atoms with E-state index in [2.05, 4.69) is 10.3 Å². The molecule has 9 nitrogen and oxygen atoms in total. The molecule has 1 aliphatic heterocycles. The number of nitro benzene ring substituents is 1. The van der Waals surface area contributed by atoms with Crippen LogP contribution in [0.4, 0.5) is 5.69 Å². The highest BCUT2D eigenvalue weighted by Crippen LogP contribution is 2.21. The highest BCUT2D eigenvalue weighted by Gasteiger charge is 2.18. The quantitative estimate of drug-likeness (QED) is 0.236. The molecule has 1 saturated heterocycles. The van der Waals surface area contributed by atoms with Gasteiger partial charge in [-0.05, 0) is 25.3 Å². The fraction of sp³-hybridized carbons (Fsp3) is 0.375. The topological polar surface area (TPSA) is 136 Å². The van der Waals surface area contributed by atoms with Gasteiger partial charge in [-0.2, -0.15) is 0 Å². The van der Waals surface area contributed by atoms with E-state index in [0.717, 1.165) is 19.3 Å². The lowest BCUT2D eigenvalue weighted by Crippen LogP contribution is -2.40. The van der Waals surface area contributed by atoms with E-state index in [4.69, 9.17) is 20.6 Å². The molecule has 0 amide bonds. The normalized spacial score (nSPS) is 18.5. The van der Waals surface area contributed by atoms with Crippen molar-refractivity contribution < 1.29 is 14.4 Å². The number of rotatable bonds is 6. The van der Waals surface area contributed by atoms with Crippen LogP contribution in [0.2, 0.25) is 0 Å². The Balaban J connectivity index is 2.16. The number of benzene rings is 1. The second kappa shape index (κ2) is 8.78. The van der Waals surface area contributed by atoms with Crippen LogP contribution in [0.3, 0.4) is 0 Å². The van der Waals surface area contributed by atoms with Gasteiger partial charge in [0.2, 0.25) is 5.88 Å². The number of nitrogens with two attached hydrogens (primary N) is 1. The molecule has 0 radical (unpaired) electrons. The Morgan fingerprint density at radius 1 is 1.56 bits per heavy atom. The minimum absolute atomic E-state index is 0.0143. The Hall–Kier alpha value is -2.94. The predicted octanol–water partition coefficient (Wildman–Crippen LogP) is 1.94. The van der Waals surface area contributed by atoms with Gasteiger partial charge in [0.1, 0.15) is 17.8 Å². The van der Waals surface area contributed by atoms with E-state index in [9.17, 15) is 10.1 Å². The van der Waals surface area contributed by atoms with Gasteiger partial charge in [-0.25, -0.2) is 0 Å². The lowest BCUT2D eigenvalue weighted by Gasteiger charge is -2.25. The molecule has 1 atom stereocenters. The Morgan fingerprint density at radius 2 is 2.36 bits per heavy atom. The van der Waals surface area contributed by atoms with Crippen LogP contribution in [0.25, 0.3) is 0 Å². The summed E-state index contributed by atoms with van der Waals surface area (Å²) in [6.07, 6.45) is 3.95. The molecule has 0 aliphatic carbocycles. The Morgan fingerprint density at radius 3 is 3.00 bits per heavy atom. The van der Waals surface area contributed by atoms with Crippen LogP contribution in [0.1, 0.15) is 19.3 Å². The van der Waals surface area contributed by atoms with Crippen LogP contribution >= 0.6 is 0 Å². The molecule has 1 aliphatic rings. The Labute approximate surface area is 145 Å². The summed E-state index contributed by atoms with van der Waals surface area (Å²) in [7, 11) is 1.55. The summed E-state index contributed by atoms with van der Waals surface area (Å²) in [6.45, 7) is 0.644. The molecule has 0 saturated carbocycles. The molecule has 4 N–H and O–H groups in total. The number of amidine groups is 1. The first-order valence-electron chi connectivity index (χ1n) is 7.82. The number of aliphatic imine (C=N–C) groups is 1. The van der Waals surface area contributed by atoms with Crippen molar-refractivity contribution in [2.45, 2.75) is 25.5 Å². The number of nitro groups is 1. The zero-order valence-corrected chi connectivity index (χ0v) is 13.9. The largest absolute Gasteiger partial charge is 0.441 e. The van der Waals surface area contributed by atoms with Gasteiger partial charge in [0.25, 0.3) is 5.69 Å². The summed E-state index contributed by atoms with van der Waals surface area (Å²) in [4.78, 5) is 14.2. The van der Waals surface area contributed by atoms with Crippen molar-refractivity contribution in [2.24, 2.45) is 10.7 Å². The molecule has 0 aromatic heterocycles. The molecule has 2 rings (SSSR count). The number of nitrogens with one attached hydrogen (secondary N) is 2. The van der Waals surface area contributed by atoms with Crippen LogP contribution in [-0.4, -0.2) is 36.9 Å². The third-order valence-corrected chi connectivity index (χ3v) is 3.53. The molecular weight excluding hydrogens is 326 g/mol. The van der Waals surface area contributed by atoms with E-state index in [1.165, 1.54) is 24.4 Å². The van der Waals surface area contributed by atoms with Gasteiger partial charge in [0, 0.05) is 25.9 Å². The fourth-order valence-corrected chi connectivity index (χ4v) is 2.32. The molecule has 25 heavy (non-hydrogen) atoms. The Kier molecular flexibility index (Phi) is 6.47. The number of nitrogens with zero attached hydrogens (tertiary/aromatic N) is 2. The number of hydrogen-bond acceptors (Lipinski definition) is 7. The molecule has 1 aromatic carbocycles. The van der Waals surface area contributed by atoms with Crippen LogP contribution in [0, 0.1) is 15.5 Å². The second-order valence-electron chi connectivity index (χ2n) is 5.40. The van der Waals surface area contributed by atoms with Crippen molar-refractivity contribution in [1.29, 1.82) is 5.41 Å². The van der Waals surface area contributed by atoms with E-state index < -0.39 is 4.92 Å². The fourth-order valence-electron chi connectivity index (χ4n) is 2.32. The van der Waals surface area contributed by atoms with Crippen molar-refractivity contribution >= 4 is 17.7 Å². The summed E-state index contributed by atoms with van der Waals surface area (Å²) >= 11 is 0. The first-order chi connectivity index (χ1) is 12.0. The zero-order valence-electron chi connectivity index (χ0n) is 13.9. The predicted molar refractivity (Wildman–Crippen MR) is 93.8 cm³/mol. The standard InChI is InChI=1S/C16H21N5O4/c1-19-10-13(15(17)20-14-7-2-3-8-24-14)16(18)25-12-6-4-5-11(9-12)21(22)23/h4-6,9-10,14H,2-3,7-8,18H2,1H3,(H2,17,20)/b16-13+,19-10-. The minimum Gasteiger partial charge on any atom is -0.441 e. The van der Waals surface area contributed by atoms with Crippen LogP contribution in [-0.2, 0) is 4.74 Å². The molecule has 1 unspecified atom stereocenters. The molecule has 1 heterocycles. The van der Waals surface area contributed by atoms with Gasteiger partial charge >= 0.3 is 0 Å². The zero-order chi connectivity index (χ0) is 18.2. The number of hydrogen-bond donors (Lipinski definition) is 3. The summed E-state index contributed by atoms with van der Waals surface area (Å²) in [6, 6.07) is 5.65. The first-order valence-corrected chi connectivity index (χ1v) is 7.82. The smallest absolute Gasteiger partial charge is 0.273 e. The summed E-state index contributed by atoms with van der Waals surface area (Å²) < 4.78 is 11.0. The van der Waals surface area contributed by atoms with Crippen LogP contribution in [0.5, 0.6) is 5.75 Å². The maximum absolute atomic E-state index is 10.8. The third-order valence-electron chi connectivity index (χ3n) is 3.53. The van der Waals surface area contributed by atoms with Gasteiger partial charge in [-0.3, -0.25) is 20.5 Å². The molecule has 1 fully saturated rings. The highest BCUT2D eigenvalue weighted by molar-refractivity contribution is 6.14. The van der Waals surface area contributed by atoms with Gasteiger partial charge in [-0.1, -0.05) is 6.07 Å². The van der Waals surface area contributed by atoms with E-state index in [0.29, 0.717) is 6.61 Å². The van der Waals surface area contributed by atoms with E-state index in [1.54, 1.807) is 13.1 Å². The average Bonchev–Trinajstić information content (AvgIpc) is 2.60. The lowest BCUT2D eigenvalue weighted by molar-refractivity contribution is -0.384. The maximum Gasteiger partial charge on any atom is 0.273 e. The maximum atomic E-state index is 10.8. The molecule has 1 aromatic rings. The van der Waals surface area contributed by atoms with E-state index >= 15 is 0 Å². The Bertz CT molecular complexity index is 696. The third kappa shape index (κ3) is 5.28. The molecule has 0 bridgehead atoms. The SMILES string of the molecule is C/N=C\C(C(=N)NC1CCCCO1)=C(\N)Oc1cccc([N+](=O)[O-])c1. The van der Waals surface area contributed by atoms with Crippen molar-refractivity contribution in [3.05, 3.63) is 45.8 Å². The van der Waals surface area contributed by atoms with E-state index in [1.807, 2.05) is 0 Å². The molecule has 0 spiro atoms. The van der Waals surface area contributed by atoms with Crippen molar-refractivity contribution in [2.75, 3.05) is 13.7 Å². The highest BCUT2D eigenvalue weighted by atomic mass is 16.6. The number of ether oxygens (including phenoxy) is 2. The van der Waals surface area contributed by atoms with Gasteiger partial charge in [0.15, 0.2) is 0 Å². The van der Waals surface area contributed by atoms with Crippen molar-refractivity contribution in [3.8, 4) is 5.75 Å².